The van der Waals surface area contributed by atoms with Gasteiger partial charge in [0, 0.05) is 55.9 Å². The number of benzene rings is 2. The number of ether oxygens (including phenoxy) is 2. The van der Waals surface area contributed by atoms with E-state index in [1.54, 1.807) is 18.2 Å². The standard InChI is InChI=1S/C25H27N3O5/c1-2-17-3-5-21-20(11-17)18(12-25(30)33-21)14-27-7-9-28(10-8-27)15-24(29)26-19-4-6-22-23(13-19)32-16-31-22/h3-6,11-13H,2,7-10,14-16H2,1H3,(H,26,29). The van der Waals surface area contributed by atoms with Crippen LogP contribution < -0.4 is 20.4 Å². The molecular weight excluding hydrogens is 422 g/mol. The third kappa shape index (κ3) is 4.86. The summed E-state index contributed by atoms with van der Waals surface area (Å²) in [6, 6.07) is 13.0. The molecule has 0 radical (unpaired) electrons. The molecule has 3 aromatic rings. The lowest BCUT2D eigenvalue weighted by Gasteiger charge is -2.34. The molecule has 0 saturated carbocycles. The zero-order valence-electron chi connectivity index (χ0n) is 18.6. The number of hydrogen-bond acceptors (Lipinski definition) is 7. The Labute approximate surface area is 191 Å². The fourth-order valence-corrected chi connectivity index (χ4v) is 4.35. The van der Waals surface area contributed by atoms with Crippen molar-refractivity contribution < 1.29 is 18.7 Å². The fraction of sp³-hybridized carbons (Fsp3) is 0.360. The molecule has 0 aliphatic carbocycles. The molecule has 8 nitrogen and oxygen atoms in total. The average molecular weight is 450 g/mol. The highest BCUT2D eigenvalue weighted by Gasteiger charge is 2.21. The first kappa shape index (κ1) is 21.5. The van der Waals surface area contributed by atoms with E-state index in [1.807, 2.05) is 18.2 Å². The normalized spacial score (nSPS) is 16.3. The van der Waals surface area contributed by atoms with Gasteiger partial charge in [-0.25, -0.2) is 4.79 Å². The lowest BCUT2D eigenvalue weighted by atomic mass is 10.0. The number of nitrogens with zero attached hydrogens (tertiary/aromatic N) is 2. The zero-order chi connectivity index (χ0) is 22.8. The number of fused-ring (bicyclic) bond motifs is 2. The Morgan fingerprint density at radius 3 is 2.58 bits per heavy atom. The van der Waals surface area contributed by atoms with Gasteiger partial charge in [0.15, 0.2) is 11.5 Å². The lowest BCUT2D eigenvalue weighted by Crippen LogP contribution is -2.48. The Hall–Kier alpha value is -3.36. The number of anilines is 1. The predicted octanol–water partition coefficient (Wildman–Crippen LogP) is 2.84. The summed E-state index contributed by atoms with van der Waals surface area (Å²) in [7, 11) is 0. The van der Waals surface area contributed by atoms with Gasteiger partial charge in [-0.1, -0.05) is 13.0 Å². The third-order valence-corrected chi connectivity index (χ3v) is 6.18. The van der Waals surface area contributed by atoms with E-state index in [2.05, 4.69) is 28.1 Å². The van der Waals surface area contributed by atoms with Crippen molar-refractivity contribution in [2.75, 3.05) is 44.8 Å². The Kier molecular flexibility index (Phi) is 6.02. The molecule has 2 aliphatic heterocycles. The van der Waals surface area contributed by atoms with Gasteiger partial charge in [0.25, 0.3) is 0 Å². The van der Waals surface area contributed by atoms with E-state index in [1.165, 1.54) is 5.56 Å². The molecule has 2 aromatic carbocycles. The zero-order valence-corrected chi connectivity index (χ0v) is 18.6. The minimum Gasteiger partial charge on any atom is -0.454 e. The molecule has 0 spiro atoms. The minimum atomic E-state index is -0.319. The van der Waals surface area contributed by atoms with E-state index >= 15 is 0 Å². The average Bonchev–Trinajstić information content (AvgIpc) is 3.28. The van der Waals surface area contributed by atoms with Gasteiger partial charge < -0.3 is 19.2 Å². The van der Waals surface area contributed by atoms with Crippen LogP contribution in [-0.4, -0.2) is 55.2 Å². The number of piperazine rings is 1. The molecule has 8 heteroatoms. The SMILES string of the molecule is CCc1ccc2oc(=O)cc(CN3CCN(CC(=O)Nc4ccc5c(c4)OCO5)CC3)c2c1. The highest BCUT2D eigenvalue weighted by molar-refractivity contribution is 5.92. The van der Waals surface area contributed by atoms with Gasteiger partial charge in [-0.15, -0.1) is 0 Å². The van der Waals surface area contributed by atoms with Crippen LogP contribution in [0.25, 0.3) is 11.0 Å². The Balaban J connectivity index is 1.17. The van der Waals surface area contributed by atoms with E-state index in [9.17, 15) is 9.59 Å². The molecule has 33 heavy (non-hydrogen) atoms. The number of nitrogens with one attached hydrogen (secondary N) is 1. The summed E-state index contributed by atoms with van der Waals surface area (Å²) < 4.78 is 16.1. The third-order valence-electron chi connectivity index (χ3n) is 6.18. The molecule has 0 unspecified atom stereocenters. The summed E-state index contributed by atoms with van der Waals surface area (Å²) >= 11 is 0. The topological polar surface area (TPSA) is 84.3 Å². The molecule has 2 aliphatic rings. The van der Waals surface area contributed by atoms with Crippen molar-refractivity contribution in [1.29, 1.82) is 0 Å². The summed E-state index contributed by atoms with van der Waals surface area (Å²) in [4.78, 5) is 29.0. The molecular formula is C25H27N3O5. The minimum absolute atomic E-state index is 0.0546. The van der Waals surface area contributed by atoms with Crippen LogP contribution in [0.4, 0.5) is 5.69 Å². The highest BCUT2D eigenvalue weighted by Crippen LogP contribution is 2.34. The summed E-state index contributed by atoms with van der Waals surface area (Å²) in [5.41, 5.74) is 3.22. The van der Waals surface area contributed by atoms with Gasteiger partial charge >= 0.3 is 5.63 Å². The maximum absolute atomic E-state index is 12.5. The quantitative estimate of drug-likeness (QED) is 0.580. The molecule has 3 heterocycles. The molecule has 0 atom stereocenters. The summed E-state index contributed by atoms with van der Waals surface area (Å²) in [6.07, 6.45) is 0.932. The summed E-state index contributed by atoms with van der Waals surface area (Å²) in [6.45, 7) is 6.57. The number of aryl methyl sites for hydroxylation is 1. The van der Waals surface area contributed by atoms with E-state index < -0.39 is 0 Å². The molecule has 1 aromatic heterocycles. The van der Waals surface area contributed by atoms with Crippen molar-refractivity contribution in [2.24, 2.45) is 0 Å². The van der Waals surface area contributed by atoms with Crippen molar-refractivity contribution in [3.8, 4) is 11.5 Å². The van der Waals surface area contributed by atoms with Crippen LogP contribution in [0.5, 0.6) is 11.5 Å². The van der Waals surface area contributed by atoms with Crippen LogP contribution in [0.2, 0.25) is 0 Å². The van der Waals surface area contributed by atoms with Crippen LogP contribution in [0.15, 0.2) is 51.7 Å². The number of rotatable bonds is 6. The maximum atomic E-state index is 12.5. The first-order chi connectivity index (χ1) is 16.1. The smallest absolute Gasteiger partial charge is 0.336 e. The molecule has 1 N–H and O–H groups in total. The number of hydrogen-bond donors (Lipinski definition) is 1. The number of amides is 1. The van der Waals surface area contributed by atoms with Crippen molar-refractivity contribution in [1.82, 2.24) is 9.80 Å². The second kappa shape index (κ2) is 9.25. The van der Waals surface area contributed by atoms with Crippen LogP contribution in [0, 0.1) is 0 Å². The van der Waals surface area contributed by atoms with Gasteiger partial charge in [-0.3, -0.25) is 14.6 Å². The largest absolute Gasteiger partial charge is 0.454 e. The van der Waals surface area contributed by atoms with Crippen LogP contribution in [0.3, 0.4) is 0 Å². The summed E-state index contributed by atoms with van der Waals surface area (Å²) in [5.74, 6) is 1.29. The molecule has 1 saturated heterocycles. The van der Waals surface area contributed by atoms with Crippen LogP contribution >= 0.6 is 0 Å². The van der Waals surface area contributed by atoms with Gasteiger partial charge in [0.2, 0.25) is 12.7 Å². The predicted molar refractivity (Wildman–Crippen MR) is 125 cm³/mol. The van der Waals surface area contributed by atoms with E-state index in [-0.39, 0.29) is 18.3 Å². The van der Waals surface area contributed by atoms with Gasteiger partial charge in [0.1, 0.15) is 5.58 Å². The second-order valence-corrected chi connectivity index (χ2v) is 8.44. The van der Waals surface area contributed by atoms with Crippen molar-refractivity contribution in [3.63, 3.8) is 0 Å². The highest BCUT2D eigenvalue weighted by atomic mass is 16.7. The lowest BCUT2D eigenvalue weighted by molar-refractivity contribution is -0.117. The van der Waals surface area contributed by atoms with Gasteiger partial charge in [-0.05, 0) is 41.8 Å². The van der Waals surface area contributed by atoms with E-state index in [0.29, 0.717) is 35.9 Å². The number of carbonyl (C=O) groups is 1. The molecule has 1 fully saturated rings. The first-order valence-corrected chi connectivity index (χ1v) is 11.3. The monoisotopic (exact) mass is 449 g/mol. The van der Waals surface area contributed by atoms with Crippen molar-refractivity contribution in [3.05, 3.63) is 64.0 Å². The molecule has 0 bridgehead atoms. The fourth-order valence-electron chi connectivity index (χ4n) is 4.35. The summed E-state index contributed by atoms with van der Waals surface area (Å²) in [5, 5.41) is 3.93. The van der Waals surface area contributed by atoms with Gasteiger partial charge in [-0.2, -0.15) is 0 Å². The molecule has 5 rings (SSSR count). The van der Waals surface area contributed by atoms with Crippen LogP contribution in [-0.2, 0) is 17.8 Å². The van der Waals surface area contributed by atoms with E-state index in [0.717, 1.165) is 43.5 Å². The Morgan fingerprint density at radius 2 is 1.76 bits per heavy atom. The van der Waals surface area contributed by atoms with Crippen molar-refractivity contribution >= 4 is 22.6 Å². The maximum Gasteiger partial charge on any atom is 0.336 e. The van der Waals surface area contributed by atoms with E-state index in [4.69, 9.17) is 13.9 Å². The van der Waals surface area contributed by atoms with Crippen LogP contribution in [0.1, 0.15) is 18.1 Å². The first-order valence-electron chi connectivity index (χ1n) is 11.3. The molecule has 172 valence electrons. The Morgan fingerprint density at radius 1 is 0.970 bits per heavy atom. The second-order valence-electron chi connectivity index (χ2n) is 8.44. The van der Waals surface area contributed by atoms with Gasteiger partial charge in [0.05, 0.1) is 6.54 Å². The Bertz CT molecular complexity index is 1230. The molecule has 1 amide bonds. The number of carbonyl (C=O) groups excluding carboxylic acids is 1. The van der Waals surface area contributed by atoms with Crippen molar-refractivity contribution in [2.45, 2.75) is 19.9 Å².